The maximum atomic E-state index is 11.9. The van der Waals surface area contributed by atoms with Gasteiger partial charge in [-0.2, -0.15) is 0 Å². The number of hydrogen-bond acceptors (Lipinski definition) is 3. The lowest BCUT2D eigenvalue weighted by molar-refractivity contribution is -0.704. The first-order chi connectivity index (χ1) is 10.5. The van der Waals surface area contributed by atoms with Gasteiger partial charge in [0.15, 0.2) is 6.04 Å². The highest BCUT2D eigenvalue weighted by Gasteiger charge is 2.26. The van der Waals surface area contributed by atoms with Crippen molar-refractivity contribution in [1.82, 2.24) is 5.32 Å². The van der Waals surface area contributed by atoms with E-state index in [1.54, 1.807) is 18.3 Å². The second-order valence-electron chi connectivity index (χ2n) is 5.24. The molecule has 2 aromatic rings. The first-order valence-electron chi connectivity index (χ1n) is 7.02. The van der Waals surface area contributed by atoms with Crippen LogP contribution in [0.25, 0.3) is 0 Å². The second-order valence-corrected chi connectivity index (χ2v) is 6.22. The molecule has 0 spiro atoms. The molecule has 0 unspecified atom stereocenters. The van der Waals surface area contributed by atoms with Gasteiger partial charge in [-0.3, -0.25) is 10.1 Å². The molecule has 0 aliphatic heterocycles. The third-order valence-electron chi connectivity index (χ3n) is 3.43. The molecule has 1 aromatic carbocycles. The van der Waals surface area contributed by atoms with Gasteiger partial charge < -0.3 is 11.1 Å². The van der Waals surface area contributed by atoms with Gasteiger partial charge in [0.05, 0.1) is 4.88 Å². The molecule has 5 N–H and O–H groups in total. The maximum Gasteiger partial charge on any atom is 0.319 e. The Labute approximate surface area is 133 Å². The molecular formula is C16H20N3O2S+. The molecule has 6 heteroatoms. The molecule has 116 valence electrons. The van der Waals surface area contributed by atoms with Crippen LogP contribution < -0.4 is 16.4 Å². The van der Waals surface area contributed by atoms with E-state index in [2.05, 4.69) is 29.6 Å². The summed E-state index contributed by atoms with van der Waals surface area (Å²) in [5.41, 5.74) is 7.31. The highest BCUT2D eigenvalue weighted by molar-refractivity contribution is 7.10. The van der Waals surface area contributed by atoms with Gasteiger partial charge in [-0.25, -0.2) is 4.79 Å². The summed E-state index contributed by atoms with van der Waals surface area (Å²) in [4.78, 5) is 23.9. The van der Waals surface area contributed by atoms with Crippen LogP contribution in [0.5, 0.6) is 0 Å². The maximum absolute atomic E-state index is 11.9. The van der Waals surface area contributed by atoms with Crippen LogP contribution in [-0.2, 0) is 4.79 Å². The first kappa shape index (κ1) is 16.2. The summed E-state index contributed by atoms with van der Waals surface area (Å²) >= 11 is 1.64. The number of aryl methyl sites for hydroxylation is 1. The molecule has 2 atom stereocenters. The van der Waals surface area contributed by atoms with E-state index in [9.17, 15) is 9.59 Å². The summed E-state index contributed by atoms with van der Waals surface area (Å²) in [5.74, 6) is -0.388. The van der Waals surface area contributed by atoms with E-state index in [1.165, 1.54) is 5.56 Å². The fourth-order valence-electron chi connectivity index (χ4n) is 2.22. The number of urea groups is 1. The van der Waals surface area contributed by atoms with E-state index in [1.807, 2.05) is 29.8 Å². The van der Waals surface area contributed by atoms with E-state index in [4.69, 9.17) is 5.73 Å². The molecule has 0 bridgehead atoms. The zero-order chi connectivity index (χ0) is 16.1. The van der Waals surface area contributed by atoms with Crippen molar-refractivity contribution in [3.63, 3.8) is 0 Å². The fraction of sp³-hybridized carbons (Fsp3) is 0.250. The van der Waals surface area contributed by atoms with E-state index < -0.39 is 12.1 Å². The topological polar surface area (TPSA) is 88.8 Å². The normalized spacial score (nSPS) is 13.4. The lowest BCUT2D eigenvalue weighted by Gasteiger charge is -2.19. The minimum absolute atomic E-state index is 0.00854. The molecule has 0 radical (unpaired) electrons. The van der Waals surface area contributed by atoms with E-state index in [0.29, 0.717) is 0 Å². The monoisotopic (exact) mass is 318 g/mol. The summed E-state index contributed by atoms with van der Waals surface area (Å²) in [6, 6.07) is 11.0. The van der Waals surface area contributed by atoms with Crippen LogP contribution in [0.2, 0.25) is 0 Å². The van der Waals surface area contributed by atoms with Crippen molar-refractivity contribution in [2.24, 2.45) is 5.73 Å². The molecule has 0 aliphatic carbocycles. The van der Waals surface area contributed by atoms with Crippen LogP contribution in [0, 0.1) is 6.92 Å². The van der Waals surface area contributed by atoms with Gasteiger partial charge in [0.25, 0.3) is 5.91 Å². The average Bonchev–Trinajstić information content (AvgIpc) is 2.98. The highest BCUT2D eigenvalue weighted by atomic mass is 32.1. The molecule has 0 aliphatic rings. The standard InChI is InChI=1S/C16H19N3O2S/c1-10-5-7-12(8-6-10)14(13-4-3-9-22-13)18-11(2)15(20)19-16(17)21/h3-9,11,14,18H,1-2H3,(H3,17,19,20,21)/p+1/t11-,14+/m1/s1. The minimum Gasteiger partial charge on any atom is -0.351 e. The lowest BCUT2D eigenvalue weighted by atomic mass is 10.0. The fourth-order valence-corrected chi connectivity index (χ4v) is 3.06. The van der Waals surface area contributed by atoms with Crippen LogP contribution in [0.4, 0.5) is 4.79 Å². The molecule has 0 saturated heterocycles. The van der Waals surface area contributed by atoms with Gasteiger partial charge in [-0.1, -0.05) is 35.9 Å². The van der Waals surface area contributed by atoms with E-state index in [-0.39, 0.29) is 11.9 Å². The summed E-state index contributed by atoms with van der Waals surface area (Å²) < 4.78 is 0. The molecule has 1 heterocycles. The number of nitrogens with one attached hydrogen (secondary N) is 1. The van der Waals surface area contributed by atoms with Gasteiger partial charge in [-0.15, -0.1) is 11.3 Å². The summed E-state index contributed by atoms with van der Waals surface area (Å²) in [6.45, 7) is 3.80. The highest BCUT2D eigenvalue weighted by Crippen LogP contribution is 2.23. The Bertz CT molecular complexity index is 638. The summed E-state index contributed by atoms with van der Waals surface area (Å²) in [6.07, 6.45) is 0. The van der Waals surface area contributed by atoms with Crippen molar-refractivity contribution in [3.05, 3.63) is 57.8 Å². The number of thiophene rings is 1. The molecule has 0 fully saturated rings. The number of carbonyl (C=O) groups excluding carboxylic acids is 2. The number of rotatable bonds is 5. The zero-order valence-corrected chi connectivity index (χ0v) is 13.4. The molecule has 3 amide bonds. The van der Waals surface area contributed by atoms with Crippen molar-refractivity contribution >= 4 is 23.3 Å². The van der Waals surface area contributed by atoms with Gasteiger partial charge in [0.1, 0.15) is 6.04 Å². The van der Waals surface area contributed by atoms with Gasteiger partial charge >= 0.3 is 6.03 Å². The zero-order valence-electron chi connectivity index (χ0n) is 12.6. The third kappa shape index (κ3) is 4.16. The molecule has 0 saturated carbocycles. The molecule has 5 nitrogen and oxygen atoms in total. The Kier molecular flexibility index (Phi) is 5.30. The molecule has 2 rings (SSSR count). The van der Waals surface area contributed by atoms with Crippen LogP contribution in [0.1, 0.15) is 29.0 Å². The first-order valence-corrected chi connectivity index (χ1v) is 7.90. The Morgan fingerprint density at radius 2 is 1.91 bits per heavy atom. The van der Waals surface area contributed by atoms with Gasteiger partial charge in [0, 0.05) is 5.56 Å². The molecule has 1 aromatic heterocycles. The van der Waals surface area contributed by atoms with E-state index >= 15 is 0 Å². The quantitative estimate of drug-likeness (QED) is 0.775. The number of primary amides is 1. The largest absolute Gasteiger partial charge is 0.351 e. The number of hydrogen-bond donors (Lipinski definition) is 3. The summed E-state index contributed by atoms with van der Waals surface area (Å²) in [7, 11) is 0. The Balaban J connectivity index is 2.21. The van der Waals surface area contributed by atoms with E-state index in [0.717, 1.165) is 10.4 Å². The summed E-state index contributed by atoms with van der Waals surface area (Å²) in [5, 5.41) is 6.08. The molecule has 22 heavy (non-hydrogen) atoms. The smallest absolute Gasteiger partial charge is 0.319 e. The lowest BCUT2D eigenvalue weighted by Crippen LogP contribution is -2.92. The second kappa shape index (κ2) is 7.20. The van der Waals surface area contributed by atoms with Crippen molar-refractivity contribution in [3.8, 4) is 0 Å². The number of imide groups is 1. The van der Waals surface area contributed by atoms with Crippen molar-refractivity contribution in [1.29, 1.82) is 0 Å². The van der Waals surface area contributed by atoms with Crippen LogP contribution >= 0.6 is 11.3 Å². The minimum atomic E-state index is -0.826. The Morgan fingerprint density at radius 3 is 2.45 bits per heavy atom. The number of amides is 3. The number of benzene rings is 1. The van der Waals surface area contributed by atoms with Crippen LogP contribution in [0.3, 0.4) is 0 Å². The molecular weight excluding hydrogens is 298 g/mol. The van der Waals surface area contributed by atoms with Gasteiger partial charge in [-0.05, 0) is 25.3 Å². The number of quaternary nitrogens is 1. The Hall–Kier alpha value is -2.18. The SMILES string of the molecule is Cc1ccc([C@H]([NH2+][C@H](C)C(=O)NC(N)=O)c2cccs2)cc1. The number of nitrogens with two attached hydrogens (primary N) is 2. The number of carbonyl (C=O) groups is 2. The van der Waals surface area contributed by atoms with Crippen LogP contribution in [0.15, 0.2) is 41.8 Å². The van der Waals surface area contributed by atoms with Crippen molar-refractivity contribution in [2.75, 3.05) is 0 Å². The predicted octanol–water partition coefficient (Wildman–Crippen LogP) is 1.29. The van der Waals surface area contributed by atoms with Gasteiger partial charge in [0.2, 0.25) is 0 Å². The van der Waals surface area contributed by atoms with Crippen molar-refractivity contribution in [2.45, 2.75) is 25.9 Å². The van der Waals surface area contributed by atoms with Crippen LogP contribution in [-0.4, -0.2) is 18.0 Å². The predicted molar refractivity (Wildman–Crippen MR) is 86.5 cm³/mol. The van der Waals surface area contributed by atoms with Crippen molar-refractivity contribution < 1.29 is 14.9 Å². The Morgan fingerprint density at radius 1 is 1.23 bits per heavy atom. The third-order valence-corrected chi connectivity index (χ3v) is 4.38. The average molecular weight is 318 g/mol.